The standard InChI is InChI=1S/C12H23NO2/c1-3-9-13-11(12(14)15-2)10-7-5-4-6-8-10/h10-11,13H,3-9H2,1-2H3. The molecule has 3 heteroatoms. The van der Waals surface area contributed by atoms with Crippen LogP contribution in [-0.4, -0.2) is 25.7 Å². The summed E-state index contributed by atoms with van der Waals surface area (Å²) in [5, 5.41) is 3.32. The quantitative estimate of drug-likeness (QED) is 0.711. The number of esters is 1. The fraction of sp³-hybridized carbons (Fsp3) is 0.917. The number of hydrogen-bond acceptors (Lipinski definition) is 3. The molecule has 0 aromatic rings. The van der Waals surface area contributed by atoms with Gasteiger partial charge in [0.15, 0.2) is 0 Å². The van der Waals surface area contributed by atoms with E-state index in [-0.39, 0.29) is 12.0 Å². The van der Waals surface area contributed by atoms with Gasteiger partial charge in [-0.15, -0.1) is 0 Å². The van der Waals surface area contributed by atoms with Gasteiger partial charge in [0, 0.05) is 0 Å². The summed E-state index contributed by atoms with van der Waals surface area (Å²) in [6.07, 6.45) is 7.21. The largest absolute Gasteiger partial charge is 0.468 e. The third-order valence-corrected chi connectivity index (χ3v) is 3.19. The molecule has 1 N–H and O–H groups in total. The van der Waals surface area contributed by atoms with Crippen molar-refractivity contribution in [2.24, 2.45) is 5.92 Å². The van der Waals surface area contributed by atoms with Gasteiger partial charge in [0.2, 0.25) is 0 Å². The molecule has 0 bridgehead atoms. The number of rotatable bonds is 5. The Bertz CT molecular complexity index is 188. The van der Waals surface area contributed by atoms with Crippen LogP contribution in [0.25, 0.3) is 0 Å². The van der Waals surface area contributed by atoms with Gasteiger partial charge >= 0.3 is 5.97 Å². The Kier molecular flexibility index (Phi) is 5.69. The number of methoxy groups -OCH3 is 1. The molecule has 0 aromatic carbocycles. The predicted molar refractivity (Wildman–Crippen MR) is 60.7 cm³/mol. The molecule has 1 fully saturated rings. The van der Waals surface area contributed by atoms with Gasteiger partial charge in [-0.05, 0) is 31.7 Å². The van der Waals surface area contributed by atoms with E-state index >= 15 is 0 Å². The third kappa shape index (κ3) is 3.82. The zero-order valence-corrected chi connectivity index (χ0v) is 9.92. The van der Waals surface area contributed by atoms with Crippen LogP contribution in [0.4, 0.5) is 0 Å². The topological polar surface area (TPSA) is 38.3 Å². The van der Waals surface area contributed by atoms with Crippen molar-refractivity contribution >= 4 is 5.97 Å². The molecule has 1 aliphatic rings. The number of nitrogens with one attached hydrogen (secondary N) is 1. The fourth-order valence-electron chi connectivity index (χ4n) is 2.34. The van der Waals surface area contributed by atoms with E-state index in [1.54, 1.807) is 0 Å². The number of carbonyl (C=O) groups is 1. The lowest BCUT2D eigenvalue weighted by molar-refractivity contribution is -0.145. The molecule has 1 rings (SSSR count). The Labute approximate surface area is 92.6 Å². The molecular formula is C12H23NO2. The summed E-state index contributed by atoms with van der Waals surface area (Å²) in [6.45, 7) is 3.01. The van der Waals surface area contributed by atoms with Gasteiger partial charge in [0.25, 0.3) is 0 Å². The first-order chi connectivity index (χ1) is 7.29. The van der Waals surface area contributed by atoms with E-state index in [1.165, 1.54) is 26.4 Å². The highest BCUT2D eigenvalue weighted by molar-refractivity contribution is 5.76. The first kappa shape index (κ1) is 12.5. The maximum Gasteiger partial charge on any atom is 0.323 e. The minimum absolute atomic E-state index is 0.0738. The maximum atomic E-state index is 11.6. The van der Waals surface area contributed by atoms with Gasteiger partial charge in [0.1, 0.15) is 6.04 Å². The van der Waals surface area contributed by atoms with Gasteiger partial charge in [-0.1, -0.05) is 26.2 Å². The molecule has 0 aromatic heterocycles. The average molecular weight is 213 g/mol. The molecule has 0 amide bonds. The van der Waals surface area contributed by atoms with E-state index in [1.807, 2.05) is 0 Å². The lowest BCUT2D eigenvalue weighted by Crippen LogP contribution is -2.44. The highest BCUT2D eigenvalue weighted by Crippen LogP contribution is 2.26. The van der Waals surface area contributed by atoms with Crippen molar-refractivity contribution in [1.82, 2.24) is 5.32 Å². The molecule has 1 unspecified atom stereocenters. The molecule has 15 heavy (non-hydrogen) atoms. The smallest absolute Gasteiger partial charge is 0.323 e. The van der Waals surface area contributed by atoms with Gasteiger partial charge < -0.3 is 10.1 Å². The van der Waals surface area contributed by atoms with Crippen molar-refractivity contribution in [2.45, 2.75) is 51.5 Å². The second-order valence-electron chi connectivity index (χ2n) is 4.35. The van der Waals surface area contributed by atoms with Crippen LogP contribution in [0.2, 0.25) is 0 Å². The highest BCUT2D eigenvalue weighted by Gasteiger charge is 2.29. The van der Waals surface area contributed by atoms with Crippen molar-refractivity contribution in [2.75, 3.05) is 13.7 Å². The summed E-state index contributed by atoms with van der Waals surface area (Å²) in [5.74, 6) is 0.396. The van der Waals surface area contributed by atoms with Crippen LogP contribution < -0.4 is 5.32 Å². The SMILES string of the molecule is CCCNC(C(=O)OC)C1CCCCC1. The maximum absolute atomic E-state index is 11.6. The van der Waals surface area contributed by atoms with Gasteiger partial charge in [0.05, 0.1) is 7.11 Å². The Morgan fingerprint density at radius 3 is 2.60 bits per heavy atom. The lowest BCUT2D eigenvalue weighted by Gasteiger charge is -2.29. The molecule has 1 saturated carbocycles. The van der Waals surface area contributed by atoms with E-state index in [4.69, 9.17) is 4.74 Å². The minimum Gasteiger partial charge on any atom is -0.468 e. The van der Waals surface area contributed by atoms with Crippen LogP contribution in [0.5, 0.6) is 0 Å². The van der Waals surface area contributed by atoms with Crippen LogP contribution in [0.1, 0.15) is 45.4 Å². The van der Waals surface area contributed by atoms with Crippen LogP contribution in [-0.2, 0) is 9.53 Å². The van der Waals surface area contributed by atoms with Crippen molar-refractivity contribution in [3.8, 4) is 0 Å². The first-order valence-corrected chi connectivity index (χ1v) is 6.10. The Morgan fingerprint density at radius 2 is 2.07 bits per heavy atom. The van der Waals surface area contributed by atoms with E-state index < -0.39 is 0 Å². The molecule has 0 spiro atoms. The summed E-state index contributed by atoms with van der Waals surface area (Å²) in [6, 6.07) is -0.0738. The number of carbonyl (C=O) groups excluding carboxylic acids is 1. The first-order valence-electron chi connectivity index (χ1n) is 6.10. The van der Waals surface area contributed by atoms with Crippen molar-refractivity contribution in [3.05, 3.63) is 0 Å². The summed E-state index contributed by atoms with van der Waals surface area (Å²) in [5.41, 5.74) is 0. The number of ether oxygens (including phenoxy) is 1. The molecule has 88 valence electrons. The molecule has 1 aliphatic carbocycles. The van der Waals surface area contributed by atoms with Crippen molar-refractivity contribution in [3.63, 3.8) is 0 Å². The molecular weight excluding hydrogens is 190 g/mol. The Hall–Kier alpha value is -0.570. The molecule has 0 radical (unpaired) electrons. The zero-order chi connectivity index (χ0) is 11.1. The van der Waals surface area contributed by atoms with Crippen LogP contribution >= 0.6 is 0 Å². The number of hydrogen-bond donors (Lipinski definition) is 1. The summed E-state index contributed by atoms with van der Waals surface area (Å²) >= 11 is 0. The summed E-state index contributed by atoms with van der Waals surface area (Å²) in [7, 11) is 1.48. The second-order valence-corrected chi connectivity index (χ2v) is 4.35. The molecule has 0 aliphatic heterocycles. The average Bonchev–Trinajstić information content (AvgIpc) is 2.30. The second kappa shape index (κ2) is 6.83. The summed E-state index contributed by atoms with van der Waals surface area (Å²) < 4.78 is 4.86. The van der Waals surface area contributed by atoms with Crippen LogP contribution in [0, 0.1) is 5.92 Å². The van der Waals surface area contributed by atoms with Gasteiger partial charge in [-0.25, -0.2) is 0 Å². The predicted octanol–water partition coefficient (Wildman–Crippen LogP) is 2.11. The van der Waals surface area contributed by atoms with Crippen LogP contribution in [0.3, 0.4) is 0 Å². The summed E-state index contributed by atoms with van der Waals surface area (Å²) in [4.78, 5) is 11.6. The molecule has 0 saturated heterocycles. The lowest BCUT2D eigenvalue weighted by atomic mass is 9.84. The normalized spacial score (nSPS) is 19.9. The van der Waals surface area contributed by atoms with E-state index in [9.17, 15) is 4.79 Å². The monoisotopic (exact) mass is 213 g/mol. The Balaban J connectivity index is 2.49. The van der Waals surface area contributed by atoms with Gasteiger partial charge in [-0.3, -0.25) is 4.79 Å². The van der Waals surface area contributed by atoms with E-state index in [0.717, 1.165) is 25.8 Å². The zero-order valence-electron chi connectivity index (χ0n) is 9.92. The van der Waals surface area contributed by atoms with E-state index in [0.29, 0.717) is 5.92 Å². The van der Waals surface area contributed by atoms with E-state index in [2.05, 4.69) is 12.2 Å². The molecule has 1 atom stereocenters. The third-order valence-electron chi connectivity index (χ3n) is 3.19. The molecule has 0 heterocycles. The Morgan fingerprint density at radius 1 is 1.40 bits per heavy atom. The van der Waals surface area contributed by atoms with Gasteiger partial charge in [-0.2, -0.15) is 0 Å². The van der Waals surface area contributed by atoms with Crippen molar-refractivity contribution < 1.29 is 9.53 Å². The minimum atomic E-state index is -0.0876. The van der Waals surface area contributed by atoms with Crippen molar-refractivity contribution in [1.29, 1.82) is 0 Å². The fourth-order valence-corrected chi connectivity index (χ4v) is 2.34. The highest BCUT2D eigenvalue weighted by atomic mass is 16.5. The molecule has 3 nitrogen and oxygen atoms in total. The van der Waals surface area contributed by atoms with Crippen LogP contribution in [0.15, 0.2) is 0 Å².